The van der Waals surface area contributed by atoms with Crippen molar-refractivity contribution in [2.75, 3.05) is 4.72 Å². The third-order valence-corrected chi connectivity index (χ3v) is 6.03. The summed E-state index contributed by atoms with van der Waals surface area (Å²) in [4.78, 5) is 0.221. The number of aromatic nitrogens is 2. The Hall–Kier alpha value is -2.60. The van der Waals surface area contributed by atoms with Gasteiger partial charge in [0, 0.05) is 0 Å². The first-order valence-corrected chi connectivity index (χ1v) is 9.90. The van der Waals surface area contributed by atoms with Crippen LogP contribution in [0.1, 0.15) is 28.1 Å². The number of nitrogens with zero attached hydrogens (tertiary/aromatic N) is 2. The molecule has 0 aliphatic heterocycles. The van der Waals surface area contributed by atoms with Crippen LogP contribution in [0.4, 0.5) is 5.69 Å². The van der Waals surface area contributed by atoms with Gasteiger partial charge in [0.1, 0.15) is 4.90 Å². The van der Waals surface area contributed by atoms with Crippen LogP contribution >= 0.6 is 0 Å². The molecule has 0 amide bonds. The molecule has 0 spiro atoms. The predicted octanol–water partition coefficient (Wildman–Crippen LogP) is 4.22. The number of benzene rings is 2. The zero-order valence-electron chi connectivity index (χ0n) is 15.7. The molecule has 136 valence electrons. The van der Waals surface area contributed by atoms with Gasteiger partial charge in [0.15, 0.2) is 0 Å². The van der Waals surface area contributed by atoms with Crippen molar-refractivity contribution < 1.29 is 8.42 Å². The van der Waals surface area contributed by atoms with E-state index in [9.17, 15) is 8.42 Å². The van der Waals surface area contributed by atoms with Crippen molar-refractivity contribution >= 4 is 15.7 Å². The molecule has 0 radical (unpaired) electrons. The fourth-order valence-corrected chi connectivity index (χ4v) is 4.51. The Bertz CT molecular complexity index is 1070. The Kier molecular flexibility index (Phi) is 4.63. The molecule has 1 N–H and O–H groups in total. The number of hydrogen-bond acceptors (Lipinski definition) is 3. The minimum Gasteiger partial charge on any atom is -0.279 e. The van der Waals surface area contributed by atoms with Crippen molar-refractivity contribution in [3.8, 4) is 5.69 Å². The van der Waals surface area contributed by atoms with E-state index in [2.05, 4.69) is 9.82 Å². The lowest BCUT2D eigenvalue weighted by molar-refractivity contribution is 0.600. The van der Waals surface area contributed by atoms with E-state index >= 15 is 0 Å². The molecule has 1 heterocycles. The summed E-state index contributed by atoms with van der Waals surface area (Å²) in [5.74, 6) is 0. The molecule has 0 atom stereocenters. The van der Waals surface area contributed by atoms with E-state index in [1.807, 2.05) is 63.2 Å². The quantitative estimate of drug-likeness (QED) is 0.749. The molecule has 0 saturated heterocycles. The number of hydrogen-bond donors (Lipinski definition) is 1. The Balaban J connectivity index is 2.06. The summed E-state index contributed by atoms with van der Waals surface area (Å²) in [6, 6.07) is 13.5. The molecule has 3 aromatic rings. The molecule has 0 fully saturated rings. The van der Waals surface area contributed by atoms with Crippen LogP contribution in [0, 0.1) is 34.6 Å². The lowest BCUT2D eigenvalue weighted by Gasteiger charge is -2.12. The highest BCUT2D eigenvalue weighted by Gasteiger charge is 2.25. The van der Waals surface area contributed by atoms with Gasteiger partial charge in [0.2, 0.25) is 0 Å². The average molecular weight is 369 g/mol. The zero-order valence-corrected chi connectivity index (χ0v) is 16.5. The van der Waals surface area contributed by atoms with E-state index in [1.165, 1.54) is 0 Å². The minimum atomic E-state index is -3.74. The van der Waals surface area contributed by atoms with Crippen molar-refractivity contribution in [1.82, 2.24) is 9.78 Å². The average Bonchev–Trinajstić information content (AvgIpc) is 2.87. The SMILES string of the molecule is Cc1ccc(-n2nc(C)c(S(=O)(=O)Nc3cc(C)ccc3C)c2C)cc1. The van der Waals surface area contributed by atoms with E-state index in [0.29, 0.717) is 17.1 Å². The van der Waals surface area contributed by atoms with Crippen LogP contribution in [0.15, 0.2) is 47.4 Å². The van der Waals surface area contributed by atoms with E-state index < -0.39 is 10.0 Å². The maximum atomic E-state index is 13.0. The number of rotatable bonds is 4. The first-order chi connectivity index (χ1) is 12.2. The van der Waals surface area contributed by atoms with Crippen molar-refractivity contribution in [2.45, 2.75) is 39.5 Å². The predicted molar refractivity (Wildman–Crippen MR) is 104 cm³/mol. The smallest absolute Gasteiger partial charge is 0.265 e. The van der Waals surface area contributed by atoms with Crippen LogP contribution in [0.5, 0.6) is 0 Å². The minimum absolute atomic E-state index is 0.221. The molecule has 0 bridgehead atoms. The summed E-state index contributed by atoms with van der Waals surface area (Å²) in [6.07, 6.45) is 0. The molecular weight excluding hydrogens is 346 g/mol. The highest BCUT2D eigenvalue weighted by molar-refractivity contribution is 7.92. The first kappa shape index (κ1) is 18.2. The summed E-state index contributed by atoms with van der Waals surface area (Å²) >= 11 is 0. The monoisotopic (exact) mass is 369 g/mol. The molecule has 6 heteroatoms. The molecular formula is C20H23N3O2S. The van der Waals surface area contributed by atoms with Crippen LogP contribution < -0.4 is 4.72 Å². The maximum absolute atomic E-state index is 13.0. The number of anilines is 1. The van der Waals surface area contributed by atoms with Gasteiger partial charge in [-0.25, -0.2) is 13.1 Å². The standard InChI is InChI=1S/C20H23N3O2S/c1-13-7-10-18(11-8-13)23-17(5)20(16(4)21-23)26(24,25)22-19-12-14(2)6-9-15(19)3/h6-12,22H,1-5H3. The first-order valence-electron chi connectivity index (χ1n) is 8.42. The van der Waals surface area contributed by atoms with Crippen LogP contribution in [0.25, 0.3) is 5.69 Å². The van der Waals surface area contributed by atoms with E-state index in [1.54, 1.807) is 18.5 Å². The maximum Gasteiger partial charge on any atom is 0.265 e. The van der Waals surface area contributed by atoms with Gasteiger partial charge in [-0.05, 0) is 63.9 Å². The molecule has 1 aromatic heterocycles. The van der Waals surface area contributed by atoms with Gasteiger partial charge in [-0.1, -0.05) is 29.8 Å². The molecule has 3 rings (SSSR count). The fraction of sp³-hybridized carbons (Fsp3) is 0.250. The Labute approximate surface area is 154 Å². The summed E-state index contributed by atoms with van der Waals surface area (Å²) in [5.41, 5.74) is 5.50. The molecule has 5 nitrogen and oxygen atoms in total. The summed E-state index contributed by atoms with van der Waals surface area (Å²) in [6.45, 7) is 9.32. The van der Waals surface area contributed by atoms with E-state index in [-0.39, 0.29) is 4.90 Å². The van der Waals surface area contributed by atoms with Crippen LogP contribution in [-0.2, 0) is 10.0 Å². The van der Waals surface area contributed by atoms with E-state index in [4.69, 9.17) is 0 Å². The summed E-state index contributed by atoms with van der Waals surface area (Å²) in [5, 5.41) is 4.46. The third-order valence-electron chi connectivity index (χ3n) is 4.41. The summed E-state index contributed by atoms with van der Waals surface area (Å²) in [7, 11) is -3.74. The number of sulfonamides is 1. The topological polar surface area (TPSA) is 64.0 Å². The van der Waals surface area contributed by atoms with Crippen molar-refractivity contribution in [2.24, 2.45) is 0 Å². The molecule has 2 aromatic carbocycles. The fourth-order valence-electron chi connectivity index (χ4n) is 3.00. The second-order valence-corrected chi connectivity index (χ2v) is 8.29. The van der Waals surface area contributed by atoms with Gasteiger partial charge < -0.3 is 0 Å². The second-order valence-electron chi connectivity index (χ2n) is 6.67. The number of aryl methyl sites for hydroxylation is 4. The normalized spacial score (nSPS) is 11.6. The van der Waals surface area contributed by atoms with Gasteiger partial charge in [-0.3, -0.25) is 4.72 Å². The molecule has 0 unspecified atom stereocenters. The van der Waals surface area contributed by atoms with Gasteiger partial charge in [-0.2, -0.15) is 5.10 Å². The number of nitrogens with one attached hydrogen (secondary N) is 1. The van der Waals surface area contributed by atoms with E-state index in [0.717, 1.165) is 22.4 Å². The lowest BCUT2D eigenvalue weighted by atomic mass is 10.1. The Morgan fingerprint density at radius 2 is 1.50 bits per heavy atom. The Morgan fingerprint density at radius 1 is 0.885 bits per heavy atom. The van der Waals surface area contributed by atoms with Gasteiger partial charge in [-0.15, -0.1) is 0 Å². The van der Waals surface area contributed by atoms with Crippen molar-refractivity contribution in [3.05, 3.63) is 70.5 Å². The molecule has 0 aliphatic rings. The lowest BCUT2D eigenvalue weighted by Crippen LogP contribution is -2.15. The third kappa shape index (κ3) is 3.37. The Morgan fingerprint density at radius 3 is 2.15 bits per heavy atom. The van der Waals surface area contributed by atoms with Gasteiger partial charge in [0.25, 0.3) is 10.0 Å². The van der Waals surface area contributed by atoms with Crippen LogP contribution in [0.3, 0.4) is 0 Å². The highest BCUT2D eigenvalue weighted by atomic mass is 32.2. The largest absolute Gasteiger partial charge is 0.279 e. The van der Waals surface area contributed by atoms with Gasteiger partial charge in [0.05, 0.1) is 22.8 Å². The second kappa shape index (κ2) is 6.61. The van der Waals surface area contributed by atoms with Crippen molar-refractivity contribution in [3.63, 3.8) is 0 Å². The molecule has 0 aliphatic carbocycles. The van der Waals surface area contributed by atoms with Crippen LogP contribution in [0.2, 0.25) is 0 Å². The zero-order chi connectivity index (χ0) is 19.1. The van der Waals surface area contributed by atoms with Crippen molar-refractivity contribution in [1.29, 1.82) is 0 Å². The van der Waals surface area contributed by atoms with Gasteiger partial charge >= 0.3 is 0 Å². The highest BCUT2D eigenvalue weighted by Crippen LogP contribution is 2.26. The molecule has 0 saturated carbocycles. The molecule has 26 heavy (non-hydrogen) atoms. The van der Waals surface area contributed by atoms with Crippen LogP contribution in [-0.4, -0.2) is 18.2 Å². The summed E-state index contributed by atoms with van der Waals surface area (Å²) < 4.78 is 30.5.